The Morgan fingerprint density at radius 3 is 2.82 bits per heavy atom. The highest BCUT2D eigenvalue weighted by molar-refractivity contribution is 5.82. The zero-order valence-electron chi connectivity index (χ0n) is 18.3. The van der Waals surface area contributed by atoms with E-state index in [4.69, 9.17) is 0 Å². The Morgan fingerprint density at radius 2 is 2.06 bits per heavy atom. The lowest BCUT2D eigenvalue weighted by Crippen LogP contribution is -2.61. The molecule has 5 rings (SSSR count). The minimum atomic E-state index is -0.472. The highest BCUT2D eigenvalue weighted by Gasteiger charge is 2.42. The molecule has 174 valence electrons. The van der Waals surface area contributed by atoms with Crippen LogP contribution < -0.4 is 15.1 Å². The lowest BCUT2D eigenvalue weighted by atomic mass is 9.83. The fraction of sp³-hybridized carbons (Fsp3) is 0.292. The summed E-state index contributed by atoms with van der Waals surface area (Å²) in [7, 11) is 0. The van der Waals surface area contributed by atoms with Gasteiger partial charge in [0.05, 0.1) is 23.1 Å². The Hall–Kier alpha value is -4.08. The van der Waals surface area contributed by atoms with Gasteiger partial charge in [-0.2, -0.15) is 0 Å². The predicted molar refractivity (Wildman–Crippen MR) is 124 cm³/mol. The van der Waals surface area contributed by atoms with Crippen LogP contribution in [0.4, 0.5) is 21.6 Å². The molecule has 34 heavy (non-hydrogen) atoms. The number of piperazine rings is 1. The average Bonchev–Trinajstić information content (AvgIpc) is 2.87. The maximum atomic E-state index is 14.1. The minimum Gasteiger partial charge on any atom is -0.364 e. The first-order chi connectivity index (χ1) is 16.5. The normalized spacial score (nSPS) is 19.2. The monoisotopic (exact) mass is 462 g/mol. The molecule has 0 unspecified atom stereocenters. The molecule has 1 N–H and O–H groups in total. The number of hydrogen-bond donors (Lipinski definition) is 1. The number of halogens is 1. The van der Waals surface area contributed by atoms with Crippen molar-refractivity contribution < 1.29 is 14.1 Å². The number of amides is 1. The molecule has 0 aliphatic carbocycles. The molecule has 2 aromatic carbocycles. The van der Waals surface area contributed by atoms with Crippen LogP contribution in [-0.4, -0.2) is 46.5 Å². The van der Waals surface area contributed by atoms with Crippen molar-refractivity contribution in [2.45, 2.75) is 19.0 Å². The van der Waals surface area contributed by atoms with E-state index in [1.165, 1.54) is 12.1 Å². The van der Waals surface area contributed by atoms with Gasteiger partial charge in [-0.15, -0.1) is 0 Å². The Kier molecular flexibility index (Phi) is 5.79. The smallest absolute Gasteiger partial charge is 0.269 e. The number of nitro benzene ring substituents is 1. The van der Waals surface area contributed by atoms with Crippen LogP contribution in [0.15, 0.2) is 61.1 Å². The van der Waals surface area contributed by atoms with E-state index in [1.807, 2.05) is 0 Å². The summed E-state index contributed by atoms with van der Waals surface area (Å²) in [5, 5.41) is 14.2. The van der Waals surface area contributed by atoms with Gasteiger partial charge in [-0.1, -0.05) is 18.2 Å². The summed E-state index contributed by atoms with van der Waals surface area (Å²) in [4.78, 5) is 37.1. The number of nitrogens with zero attached hydrogens (tertiary/aromatic N) is 5. The maximum absolute atomic E-state index is 14.1. The number of fused-ring (bicyclic) bond motifs is 3. The SMILES string of the molecule is O=C(NCc1ccccc1F)[C@@H]1Cc2cc([N+](=O)[O-])ccc2N2CCN(c3cnccn3)C[C@H]12. The van der Waals surface area contributed by atoms with Crippen LogP contribution in [0.1, 0.15) is 11.1 Å². The van der Waals surface area contributed by atoms with Crippen LogP contribution in [0.25, 0.3) is 0 Å². The molecule has 0 radical (unpaired) electrons. The van der Waals surface area contributed by atoms with E-state index in [0.29, 0.717) is 31.6 Å². The van der Waals surface area contributed by atoms with Crippen LogP contribution in [0.5, 0.6) is 0 Å². The van der Waals surface area contributed by atoms with Gasteiger partial charge in [-0.3, -0.25) is 19.9 Å². The number of nitro groups is 1. The zero-order chi connectivity index (χ0) is 23.7. The van der Waals surface area contributed by atoms with Crippen LogP contribution in [-0.2, 0) is 17.8 Å². The van der Waals surface area contributed by atoms with Crippen molar-refractivity contribution in [3.63, 3.8) is 0 Å². The molecular formula is C24H23FN6O3. The summed E-state index contributed by atoms with van der Waals surface area (Å²) in [6, 6.07) is 11.0. The first-order valence-electron chi connectivity index (χ1n) is 11.1. The number of carbonyl (C=O) groups is 1. The van der Waals surface area contributed by atoms with Crippen molar-refractivity contribution in [3.8, 4) is 0 Å². The molecule has 10 heteroatoms. The van der Waals surface area contributed by atoms with Gasteiger partial charge in [0.25, 0.3) is 5.69 Å². The molecule has 0 saturated carbocycles. The van der Waals surface area contributed by atoms with Gasteiger partial charge >= 0.3 is 0 Å². The standard InChI is InChI=1S/C24H23FN6O3/c25-20-4-2-1-3-16(20)13-28-24(32)19-12-17-11-18(31(33)34)5-6-21(17)30-10-9-29(15-22(19)30)23-14-26-7-8-27-23/h1-8,11,14,19,22H,9-10,12-13,15H2,(H,28,32)/t19-,22-/m1/s1. The Labute approximate surface area is 195 Å². The summed E-state index contributed by atoms with van der Waals surface area (Å²) in [6.07, 6.45) is 5.30. The number of benzene rings is 2. The van der Waals surface area contributed by atoms with E-state index in [-0.39, 0.29) is 30.0 Å². The molecule has 2 atom stereocenters. The Morgan fingerprint density at radius 1 is 1.21 bits per heavy atom. The van der Waals surface area contributed by atoms with Gasteiger partial charge in [0.1, 0.15) is 11.6 Å². The second-order valence-electron chi connectivity index (χ2n) is 8.46. The number of nitrogens with one attached hydrogen (secondary N) is 1. The number of anilines is 2. The van der Waals surface area contributed by atoms with Gasteiger partial charge in [-0.25, -0.2) is 9.37 Å². The van der Waals surface area contributed by atoms with Gasteiger partial charge in [0, 0.05) is 62.0 Å². The molecule has 2 aliphatic rings. The highest BCUT2D eigenvalue weighted by atomic mass is 19.1. The number of non-ortho nitro benzene ring substituents is 1. The van der Waals surface area contributed by atoms with Gasteiger partial charge in [-0.05, 0) is 24.1 Å². The largest absolute Gasteiger partial charge is 0.364 e. The van der Waals surface area contributed by atoms with Crippen molar-refractivity contribution in [2.24, 2.45) is 5.92 Å². The van der Waals surface area contributed by atoms with Crippen LogP contribution in [0.3, 0.4) is 0 Å². The van der Waals surface area contributed by atoms with Crippen LogP contribution in [0, 0.1) is 21.8 Å². The molecular weight excluding hydrogens is 439 g/mol. The fourth-order valence-electron chi connectivity index (χ4n) is 4.84. The van der Waals surface area contributed by atoms with Gasteiger partial charge in [0.15, 0.2) is 0 Å². The third-order valence-corrected chi connectivity index (χ3v) is 6.53. The molecule has 1 fully saturated rings. The molecule has 1 amide bonds. The molecule has 2 aliphatic heterocycles. The third kappa shape index (κ3) is 4.14. The zero-order valence-corrected chi connectivity index (χ0v) is 18.3. The first-order valence-corrected chi connectivity index (χ1v) is 11.1. The highest BCUT2D eigenvalue weighted by Crippen LogP contribution is 2.38. The summed E-state index contributed by atoms with van der Waals surface area (Å²) >= 11 is 0. The van der Waals surface area contributed by atoms with Crippen molar-refractivity contribution in [1.29, 1.82) is 0 Å². The summed E-state index contributed by atoms with van der Waals surface area (Å²) in [6.45, 7) is 1.93. The molecule has 1 aromatic heterocycles. The lowest BCUT2D eigenvalue weighted by Gasteiger charge is -2.49. The summed E-state index contributed by atoms with van der Waals surface area (Å²) in [5.74, 6) is -0.320. The number of rotatable bonds is 5. The molecule has 9 nitrogen and oxygen atoms in total. The van der Waals surface area contributed by atoms with Crippen LogP contribution in [0.2, 0.25) is 0 Å². The van der Waals surface area contributed by atoms with E-state index in [1.54, 1.807) is 48.9 Å². The van der Waals surface area contributed by atoms with Crippen molar-refractivity contribution in [3.05, 3.63) is 88.1 Å². The van der Waals surface area contributed by atoms with Crippen molar-refractivity contribution in [1.82, 2.24) is 15.3 Å². The molecule has 0 spiro atoms. The summed E-state index contributed by atoms with van der Waals surface area (Å²) in [5.41, 5.74) is 2.09. The average molecular weight is 462 g/mol. The molecule has 3 aromatic rings. The Bertz CT molecular complexity index is 1220. The van der Waals surface area contributed by atoms with E-state index in [0.717, 1.165) is 17.1 Å². The quantitative estimate of drug-likeness (QED) is 0.459. The number of hydrogen-bond acceptors (Lipinski definition) is 7. The second kappa shape index (κ2) is 9.05. The summed E-state index contributed by atoms with van der Waals surface area (Å²) < 4.78 is 14.1. The van der Waals surface area contributed by atoms with Crippen molar-refractivity contribution >= 4 is 23.1 Å². The van der Waals surface area contributed by atoms with E-state index in [2.05, 4.69) is 25.1 Å². The maximum Gasteiger partial charge on any atom is 0.269 e. The molecule has 1 saturated heterocycles. The molecule has 3 heterocycles. The van der Waals surface area contributed by atoms with Gasteiger partial charge < -0.3 is 15.1 Å². The lowest BCUT2D eigenvalue weighted by molar-refractivity contribution is -0.384. The fourth-order valence-corrected chi connectivity index (χ4v) is 4.84. The Balaban J connectivity index is 1.44. The second-order valence-corrected chi connectivity index (χ2v) is 8.46. The molecule has 0 bridgehead atoms. The van der Waals surface area contributed by atoms with Crippen molar-refractivity contribution in [2.75, 3.05) is 29.4 Å². The number of carbonyl (C=O) groups excluding carboxylic acids is 1. The van der Waals surface area contributed by atoms with E-state index in [9.17, 15) is 19.3 Å². The topological polar surface area (TPSA) is 104 Å². The first kappa shape index (κ1) is 21.7. The minimum absolute atomic E-state index is 0.000843. The van der Waals surface area contributed by atoms with E-state index >= 15 is 0 Å². The van der Waals surface area contributed by atoms with Crippen LogP contribution >= 0.6 is 0 Å². The van der Waals surface area contributed by atoms with E-state index < -0.39 is 10.8 Å². The van der Waals surface area contributed by atoms with Gasteiger partial charge in [0.2, 0.25) is 5.91 Å². The number of aromatic nitrogens is 2. The third-order valence-electron chi connectivity index (χ3n) is 6.53. The predicted octanol–water partition coefficient (Wildman–Crippen LogP) is 2.71.